The van der Waals surface area contributed by atoms with Crippen molar-refractivity contribution in [3.8, 4) is 5.88 Å². The monoisotopic (exact) mass is 379 g/mol. The lowest BCUT2D eigenvalue weighted by Crippen LogP contribution is -2.34. The number of fused-ring (bicyclic) bond motifs is 1. The van der Waals surface area contributed by atoms with Crippen LogP contribution in [-0.2, 0) is 11.3 Å². The molecule has 0 saturated heterocycles. The Morgan fingerprint density at radius 2 is 2.19 bits per heavy atom. The summed E-state index contributed by atoms with van der Waals surface area (Å²) in [6.07, 6.45) is 1.27. The number of rotatable bonds is 5. The zero-order valence-corrected chi connectivity index (χ0v) is 14.7. The van der Waals surface area contributed by atoms with Crippen LogP contribution >= 0.6 is 11.6 Å². The minimum atomic E-state index is -0.566. The van der Waals surface area contributed by atoms with Gasteiger partial charge in [-0.1, -0.05) is 17.7 Å². The Labute approximate surface area is 152 Å². The highest BCUT2D eigenvalue weighted by molar-refractivity contribution is 6.30. The fourth-order valence-corrected chi connectivity index (χ4v) is 2.53. The molecule has 2 aromatic heterocycles. The smallest absolute Gasteiger partial charge is 0.352 e. The van der Waals surface area contributed by atoms with E-state index in [-0.39, 0.29) is 11.6 Å². The Bertz CT molecular complexity index is 1030. The molecule has 0 spiro atoms. The first-order chi connectivity index (χ1) is 12.4. The van der Waals surface area contributed by atoms with Gasteiger partial charge in [-0.3, -0.25) is 4.79 Å². The number of hydrogen-bond donors (Lipinski definition) is 1. The molecule has 3 aromatic rings. The minimum Gasteiger partial charge on any atom is -0.481 e. The molecule has 0 aliphatic heterocycles. The highest BCUT2D eigenvalue weighted by Gasteiger charge is 2.15. The lowest BCUT2D eigenvalue weighted by Gasteiger charge is -2.14. The molecule has 1 amide bonds. The maximum atomic E-state index is 13.5. The average molecular weight is 380 g/mol. The lowest BCUT2D eigenvalue weighted by atomic mass is 10.1. The van der Waals surface area contributed by atoms with E-state index in [0.717, 1.165) is 4.68 Å². The van der Waals surface area contributed by atoms with Crippen LogP contribution in [0, 0.1) is 5.82 Å². The summed E-state index contributed by atoms with van der Waals surface area (Å²) in [4.78, 5) is 28.4. The maximum Gasteiger partial charge on any atom is 0.352 e. The second kappa shape index (κ2) is 7.12. The van der Waals surface area contributed by atoms with Gasteiger partial charge in [0.2, 0.25) is 11.8 Å². The number of carbonyl (C=O) groups excluding carboxylic acids is 1. The molecular weight excluding hydrogens is 365 g/mol. The summed E-state index contributed by atoms with van der Waals surface area (Å²) in [6.45, 7) is 1.41. The summed E-state index contributed by atoms with van der Waals surface area (Å²) < 4.78 is 20.7. The zero-order valence-electron chi connectivity index (χ0n) is 13.9. The van der Waals surface area contributed by atoms with E-state index in [0.29, 0.717) is 17.1 Å². The van der Waals surface area contributed by atoms with E-state index in [4.69, 9.17) is 16.3 Å². The number of aromatic nitrogens is 4. The van der Waals surface area contributed by atoms with Crippen molar-refractivity contribution in [1.82, 2.24) is 24.5 Å². The van der Waals surface area contributed by atoms with Crippen molar-refractivity contribution in [3.63, 3.8) is 0 Å². The molecule has 0 aliphatic carbocycles. The van der Waals surface area contributed by atoms with Gasteiger partial charge in [-0.2, -0.15) is 0 Å². The Morgan fingerprint density at radius 3 is 2.88 bits per heavy atom. The molecule has 2 heterocycles. The third-order valence-corrected chi connectivity index (χ3v) is 4.08. The van der Waals surface area contributed by atoms with Crippen molar-refractivity contribution in [2.24, 2.45) is 0 Å². The molecule has 0 bridgehead atoms. The Balaban J connectivity index is 1.75. The quantitative estimate of drug-likeness (QED) is 0.726. The van der Waals surface area contributed by atoms with Gasteiger partial charge in [-0.15, -0.1) is 5.10 Å². The number of ether oxygens (including phenoxy) is 1. The third kappa shape index (κ3) is 3.52. The summed E-state index contributed by atoms with van der Waals surface area (Å²) in [5, 5.41) is 6.77. The molecule has 0 aliphatic rings. The first kappa shape index (κ1) is 17.9. The van der Waals surface area contributed by atoms with Crippen molar-refractivity contribution >= 4 is 23.2 Å². The molecule has 0 fully saturated rings. The van der Waals surface area contributed by atoms with Crippen LogP contribution in [-0.4, -0.2) is 32.2 Å². The Kier molecular flexibility index (Phi) is 4.90. The largest absolute Gasteiger partial charge is 0.481 e. The normalized spacial score (nSPS) is 12.2. The molecule has 136 valence electrons. The predicted octanol–water partition coefficient (Wildman–Crippen LogP) is 1.57. The number of nitrogens with one attached hydrogen (secondary N) is 1. The van der Waals surface area contributed by atoms with E-state index in [1.165, 1.54) is 36.0 Å². The molecule has 8 nitrogen and oxygen atoms in total. The molecule has 1 aromatic carbocycles. The number of nitrogens with zero attached hydrogens (tertiary/aromatic N) is 4. The van der Waals surface area contributed by atoms with Crippen molar-refractivity contribution < 1.29 is 13.9 Å². The summed E-state index contributed by atoms with van der Waals surface area (Å²) >= 11 is 5.65. The van der Waals surface area contributed by atoms with E-state index in [9.17, 15) is 14.0 Å². The number of benzene rings is 1. The highest BCUT2D eigenvalue weighted by atomic mass is 35.5. The van der Waals surface area contributed by atoms with Gasteiger partial charge in [-0.25, -0.2) is 23.3 Å². The number of methoxy groups -OCH3 is 1. The fraction of sp³-hybridized carbons (Fsp3) is 0.250. The van der Waals surface area contributed by atoms with Crippen LogP contribution in [0.1, 0.15) is 18.5 Å². The molecule has 10 heteroatoms. The van der Waals surface area contributed by atoms with Crippen LogP contribution in [0.25, 0.3) is 5.65 Å². The van der Waals surface area contributed by atoms with Crippen LogP contribution in [0.2, 0.25) is 5.02 Å². The van der Waals surface area contributed by atoms with Gasteiger partial charge in [0.25, 0.3) is 0 Å². The van der Waals surface area contributed by atoms with Crippen molar-refractivity contribution in [1.29, 1.82) is 0 Å². The van der Waals surface area contributed by atoms with Gasteiger partial charge < -0.3 is 10.1 Å². The lowest BCUT2D eigenvalue weighted by molar-refractivity contribution is -0.122. The van der Waals surface area contributed by atoms with Gasteiger partial charge >= 0.3 is 5.69 Å². The molecule has 0 saturated carbocycles. The summed E-state index contributed by atoms with van der Waals surface area (Å²) in [5.41, 5.74) is 0.356. The first-order valence-corrected chi connectivity index (χ1v) is 8.00. The van der Waals surface area contributed by atoms with Gasteiger partial charge in [-0.05, 0) is 24.6 Å². The molecule has 1 N–H and O–H groups in total. The third-order valence-electron chi connectivity index (χ3n) is 3.77. The minimum absolute atomic E-state index is 0.00701. The molecule has 26 heavy (non-hydrogen) atoms. The highest BCUT2D eigenvalue weighted by Crippen LogP contribution is 2.20. The molecule has 0 unspecified atom stereocenters. The van der Waals surface area contributed by atoms with E-state index in [1.807, 2.05) is 0 Å². The molecule has 3 rings (SSSR count). The SMILES string of the molecule is COc1cc2nn(CC(=O)N[C@@H](C)c3ccc(Cl)c(F)c3)c(=O)n2cn1. The summed E-state index contributed by atoms with van der Waals surface area (Å²) in [7, 11) is 1.45. The predicted molar refractivity (Wildman–Crippen MR) is 91.8 cm³/mol. The van der Waals surface area contributed by atoms with E-state index < -0.39 is 23.5 Å². The zero-order chi connectivity index (χ0) is 18.8. The number of halogens is 2. The van der Waals surface area contributed by atoms with Crippen LogP contribution in [0.3, 0.4) is 0 Å². The molecular formula is C16H15ClFN5O3. The van der Waals surface area contributed by atoms with Crippen LogP contribution < -0.4 is 15.7 Å². The average Bonchev–Trinajstić information content (AvgIpc) is 2.92. The van der Waals surface area contributed by atoms with E-state index in [1.54, 1.807) is 13.0 Å². The first-order valence-electron chi connectivity index (χ1n) is 7.62. The van der Waals surface area contributed by atoms with Crippen molar-refractivity contribution in [3.05, 3.63) is 57.5 Å². The van der Waals surface area contributed by atoms with E-state index >= 15 is 0 Å². The second-order valence-corrected chi connectivity index (χ2v) is 5.97. The van der Waals surface area contributed by atoms with Gasteiger partial charge in [0.1, 0.15) is 18.7 Å². The van der Waals surface area contributed by atoms with Crippen LogP contribution in [0.4, 0.5) is 4.39 Å². The van der Waals surface area contributed by atoms with E-state index in [2.05, 4.69) is 15.4 Å². The maximum absolute atomic E-state index is 13.5. The summed E-state index contributed by atoms with van der Waals surface area (Å²) in [5.74, 6) is -0.709. The Hall–Kier alpha value is -2.94. The number of carbonyl (C=O) groups is 1. The topological polar surface area (TPSA) is 90.5 Å². The summed E-state index contributed by atoms with van der Waals surface area (Å²) in [6, 6.07) is 5.30. The van der Waals surface area contributed by atoms with Crippen molar-refractivity contribution in [2.75, 3.05) is 7.11 Å². The molecule has 0 radical (unpaired) electrons. The molecule has 1 atom stereocenters. The standard InChI is InChI=1S/C16H15ClFN5O3/c1-9(10-3-4-11(17)12(18)5-10)20-14(24)7-23-16(25)22-8-19-15(26-2)6-13(22)21-23/h3-6,8-9H,7H2,1-2H3,(H,20,24)/t9-/m0/s1. The fourth-order valence-electron chi connectivity index (χ4n) is 2.41. The number of amides is 1. The van der Waals surface area contributed by atoms with Gasteiger partial charge in [0.05, 0.1) is 18.2 Å². The van der Waals surface area contributed by atoms with Crippen LogP contribution in [0.5, 0.6) is 5.88 Å². The van der Waals surface area contributed by atoms with Gasteiger partial charge in [0.15, 0.2) is 5.65 Å². The van der Waals surface area contributed by atoms with Crippen molar-refractivity contribution in [2.45, 2.75) is 19.5 Å². The second-order valence-electron chi connectivity index (χ2n) is 5.56. The Morgan fingerprint density at radius 1 is 1.42 bits per heavy atom. The van der Waals surface area contributed by atoms with Crippen LogP contribution in [0.15, 0.2) is 35.4 Å². The van der Waals surface area contributed by atoms with Gasteiger partial charge in [0, 0.05) is 6.07 Å². The number of hydrogen-bond acceptors (Lipinski definition) is 5.